The first-order chi connectivity index (χ1) is 8.52. The van der Waals surface area contributed by atoms with Crippen LogP contribution in [0.4, 0.5) is 0 Å². The van der Waals surface area contributed by atoms with E-state index in [1.54, 1.807) is 18.2 Å². The third-order valence-corrected chi connectivity index (χ3v) is 2.88. The molecule has 0 heterocycles. The lowest BCUT2D eigenvalue weighted by molar-refractivity contribution is -0.123. The van der Waals surface area contributed by atoms with Crippen molar-refractivity contribution in [2.75, 3.05) is 20.2 Å². The quantitative estimate of drug-likeness (QED) is 0.844. The van der Waals surface area contributed by atoms with Gasteiger partial charge in [-0.05, 0) is 32.2 Å². The number of nitrogens with one attached hydrogen (secondary N) is 2. The van der Waals surface area contributed by atoms with E-state index in [1.165, 1.54) is 0 Å². The fourth-order valence-electron chi connectivity index (χ4n) is 1.16. The molecule has 0 aliphatic rings. The molecular weight excluding hydrogens is 275 g/mol. The van der Waals surface area contributed by atoms with Gasteiger partial charge in [-0.25, -0.2) is 0 Å². The zero-order chi connectivity index (χ0) is 13.5. The van der Waals surface area contributed by atoms with Crippen LogP contribution in [0.1, 0.15) is 6.92 Å². The highest BCUT2D eigenvalue weighted by Crippen LogP contribution is 2.27. The Morgan fingerprint density at radius 2 is 2.17 bits per heavy atom. The van der Waals surface area contributed by atoms with Crippen molar-refractivity contribution in [3.05, 3.63) is 28.2 Å². The zero-order valence-corrected chi connectivity index (χ0v) is 11.8. The van der Waals surface area contributed by atoms with Gasteiger partial charge in [0.25, 0.3) is 5.91 Å². The van der Waals surface area contributed by atoms with Crippen LogP contribution in [0.25, 0.3) is 0 Å². The highest BCUT2D eigenvalue weighted by atomic mass is 35.5. The Hall–Kier alpha value is -0.970. The van der Waals surface area contributed by atoms with E-state index in [-0.39, 0.29) is 18.6 Å². The molecule has 1 rings (SSSR count). The Balaban J connectivity index is 2.38. The molecule has 1 atom stereocenters. The van der Waals surface area contributed by atoms with Crippen LogP contribution < -0.4 is 15.4 Å². The minimum absolute atomic E-state index is 0.0716. The summed E-state index contributed by atoms with van der Waals surface area (Å²) in [6.45, 7) is 2.45. The Kier molecular flexibility index (Phi) is 6.25. The van der Waals surface area contributed by atoms with Gasteiger partial charge in [-0.3, -0.25) is 4.79 Å². The lowest BCUT2D eigenvalue weighted by Gasteiger charge is -2.12. The molecule has 2 N–H and O–H groups in total. The molecule has 0 spiro atoms. The second-order valence-corrected chi connectivity index (χ2v) is 4.70. The van der Waals surface area contributed by atoms with E-state index >= 15 is 0 Å². The largest absolute Gasteiger partial charge is 0.482 e. The van der Waals surface area contributed by atoms with Gasteiger partial charge in [0.15, 0.2) is 6.61 Å². The Bertz CT molecular complexity index is 413. The summed E-state index contributed by atoms with van der Waals surface area (Å²) in [5, 5.41) is 6.67. The van der Waals surface area contributed by atoms with Crippen LogP contribution >= 0.6 is 23.2 Å². The first-order valence-electron chi connectivity index (χ1n) is 5.54. The van der Waals surface area contributed by atoms with Crippen molar-refractivity contribution < 1.29 is 9.53 Å². The Morgan fingerprint density at radius 1 is 1.44 bits per heavy atom. The van der Waals surface area contributed by atoms with Crippen molar-refractivity contribution in [1.29, 1.82) is 0 Å². The van der Waals surface area contributed by atoms with Crippen LogP contribution in [-0.2, 0) is 4.79 Å². The molecule has 100 valence electrons. The predicted molar refractivity (Wildman–Crippen MR) is 73.5 cm³/mol. The summed E-state index contributed by atoms with van der Waals surface area (Å²) in [4.78, 5) is 11.5. The van der Waals surface area contributed by atoms with Gasteiger partial charge in [0.05, 0.1) is 5.02 Å². The summed E-state index contributed by atoms with van der Waals surface area (Å²) in [7, 11) is 1.83. The van der Waals surface area contributed by atoms with Crippen LogP contribution in [0, 0.1) is 0 Å². The second kappa shape index (κ2) is 7.46. The summed E-state index contributed by atoms with van der Waals surface area (Å²) >= 11 is 11.7. The number of benzene rings is 1. The van der Waals surface area contributed by atoms with Gasteiger partial charge >= 0.3 is 0 Å². The summed E-state index contributed by atoms with van der Waals surface area (Å²) in [6, 6.07) is 5.07. The summed E-state index contributed by atoms with van der Waals surface area (Å²) in [5.41, 5.74) is 0. The van der Waals surface area contributed by atoms with E-state index in [9.17, 15) is 4.79 Å². The molecule has 1 aromatic carbocycles. The second-order valence-electron chi connectivity index (χ2n) is 3.86. The van der Waals surface area contributed by atoms with Crippen molar-refractivity contribution in [3.8, 4) is 5.75 Å². The first-order valence-corrected chi connectivity index (χ1v) is 6.30. The number of amides is 1. The minimum Gasteiger partial charge on any atom is -0.482 e. The number of ether oxygens (including phenoxy) is 1. The van der Waals surface area contributed by atoms with E-state index < -0.39 is 0 Å². The maximum Gasteiger partial charge on any atom is 0.257 e. The fraction of sp³-hybridized carbons (Fsp3) is 0.417. The SMILES string of the molecule is CNC(C)CNC(=O)COc1ccc(Cl)cc1Cl. The molecule has 0 saturated heterocycles. The van der Waals surface area contributed by atoms with Gasteiger partial charge in [0, 0.05) is 17.6 Å². The lowest BCUT2D eigenvalue weighted by atomic mass is 10.3. The molecule has 0 aliphatic heterocycles. The molecule has 0 radical (unpaired) electrons. The van der Waals surface area contributed by atoms with E-state index in [4.69, 9.17) is 27.9 Å². The number of halogens is 2. The van der Waals surface area contributed by atoms with Gasteiger partial charge in [-0.1, -0.05) is 23.2 Å². The molecule has 0 fully saturated rings. The number of rotatable bonds is 6. The monoisotopic (exact) mass is 290 g/mol. The van der Waals surface area contributed by atoms with Crippen LogP contribution in [0.5, 0.6) is 5.75 Å². The van der Waals surface area contributed by atoms with Gasteiger partial charge in [0.1, 0.15) is 5.75 Å². The number of hydrogen-bond donors (Lipinski definition) is 2. The van der Waals surface area contributed by atoms with Gasteiger partial charge < -0.3 is 15.4 Å². The number of likely N-dealkylation sites (N-methyl/N-ethyl adjacent to an activating group) is 1. The minimum atomic E-state index is -0.192. The topological polar surface area (TPSA) is 50.4 Å². The van der Waals surface area contributed by atoms with E-state index in [2.05, 4.69) is 10.6 Å². The number of carbonyl (C=O) groups is 1. The van der Waals surface area contributed by atoms with E-state index in [1.807, 2.05) is 14.0 Å². The fourth-order valence-corrected chi connectivity index (χ4v) is 1.62. The molecule has 1 amide bonds. The first kappa shape index (κ1) is 15.1. The summed E-state index contributed by atoms with van der Waals surface area (Å²) in [5.74, 6) is 0.251. The normalized spacial score (nSPS) is 12.0. The molecule has 1 aromatic rings. The molecule has 0 saturated carbocycles. The summed E-state index contributed by atoms with van der Waals surface area (Å²) in [6.07, 6.45) is 0. The maximum absolute atomic E-state index is 11.5. The van der Waals surface area contributed by atoms with Crippen LogP contribution in [-0.4, -0.2) is 32.1 Å². The average molecular weight is 291 g/mol. The molecule has 0 aromatic heterocycles. The van der Waals surface area contributed by atoms with E-state index in [0.29, 0.717) is 22.3 Å². The van der Waals surface area contributed by atoms with E-state index in [0.717, 1.165) is 0 Å². The molecule has 1 unspecified atom stereocenters. The highest BCUT2D eigenvalue weighted by Gasteiger charge is 2.07. The van der Waals surface area contributed by atoms with Crippen molar-refractivity contribution in [3.63, 3.8) is 0 Å². The number of hydrogen-bond acceptors (Lipinski definition) is 3. The molecule has 18 heavy (non-hydrogen) atoms. The molecule has 0 bridgehead atoms. The molecule has 6 heteroatoms. The zero-order valence-electron chi connectivity index (χ0n) is 10.3. The van der Waals surface area contributed by atoms with Crippen LogP contribution in [0.3, 0.4) is 0 Å². The van der Waals surface area contributed by atoms with Crippen molar-refractivity contribution >= 4 is 29.1 Å². The predicted octanol–water partition coefficient (Wildman–Crippen LogP) is 2.10. The Labute approximate surface area is 117 Å². The molecular formula is C12H16Cl2N2O2. The van der Waals surface area contributed by atoms with Crippen molar-refractivity contribution in [1.82, 2.24) is 10.6 Å². The lowest BCUT2D eigenvalue weighted by Crippen LogP contribution is -2.39. The van der Waals surface area contributed by atoms with Crippen molar-refractivity contribution in [2.45, 2.75) is 13.0 Å². The smallest absolute Gasteiger partial charge is 0.257 e. The standard InChI is InChI=1S/C12H16Cl2N2O2/c1-8(15-2)6-16-12(17)7-18-11-4-3-9(13)5-10(11)14/h3-5,8,15H,6-7H2,1-2H3,(H,16,17). The average Bonchev–Trinajstić information content (AvgIpc) is 2.34. The molecule has 0 aliphatic carbocycles. The third kappa shape index (κ3) is 5.12. The van der Waals surface area contributed by atoms with Gasteiger partial charge in [-0.15, -0.1) is 0 Å². The number of carbonyl (C=O) groups excluding carboxylic acids is 1. The van der Waals surface area contributed by atoms with Gasteiger partial charge in [0.2, 0.25) is 0 Å². The third-order valence-electron chi connectivity index (χ3n) is 2.35. The van der Waals surface area contributed by atoms with Crippen molar-refractivity contribution in [2.24, 2.45) is 0 Å². The van der Waals surface area contributed by atoms with Crippen LogP contribution in [0.2, 0.25) is 10.0 Å². The molecule has 4 nitrogen and oxygen atoms in total. The highest BCUT2D eigenvalue weighted by molar-refractivity contribution is 6.35. The Morgan fingerprint density at radius 3 is 2.78 bits per heavy atom. The van der Waals surface area contributed by atoms with Crippen LogP contribution in [0.15, 0.2) is 18.2 Å². The summed E-state index contributed by atoms with van der Waals surface area (Å²) < 4.78 is 5.30. The van der Waals surface area contributed by atoms with Gasteiger partial charge in [-0.2, -0.15) is 0 Å². The maximum atomic E-state index is 11.5.